The van der Waals surface area contributed by atoms with Crippen LogP contribution in [-0.4, -0.2) is 17.1 Å². The average molecular weight is 185 g/mol. The molecule has 0 spiro atoms. The van der Waals surface area contributed by atoms with Crippen LogP contribution in [0.15, 0.2) is 0 Å². The van der Waals surface area contributed by atoms with E-state index in [0.29, 0.717) is 5.92 Å². The quantitative estimate of drug-likeness (QED) is 0.702. The van der Waals surface area contributed by atoms with Gasteiger partial charge in [0.25, 0.3) is 0 Å². The molecule has 0 radical (unpaired) electrons. The van der Waals surface area contributed by atoms with E-state index in [1.54, 1.807) is 0 Å². The Hall–Kier alpha value is -0.570. The molecule has 0 aromatic heterocycles. The van der Waals surface area contributed by atoms with E-state index in [1.807, 2.05) is 0 Å². The van der Waals surface area contributed by atoms with Crippen molar-refractivity contribution >= 4 is 5.97 Å². The molecule has 0 bridgehead atoms. The van der Waals surface area contributed by atoms with Crippen molar-refractivity contribution in [2.24, 2.45) is 17.6 Å². The normalized spacial score (nSPS) is 31.2. The molecule has 1 aliphatic carbocycles. The van der Waals surface area contributed by atoms with Crippen LogP contribution in [-0.2, 0) is 4.79 Å². The molecule has 0 aliphatic heterocycles. The molecule has 0 aromatic rings. The highest BCUT2D eigenvalue weighted by Crippen LogP contribution is 2.33. The second-order valence-electron chi connectivity index (χ2n) is 3.98. The van der Waals surface area contributed by atoms with Crippen LogP contribution in [0.2, 0.25) is 0 Å². The summed E-state index contributed by atoms with van der Waals surface area (Å²) < 4.78 is 0. The number of hydrogen-bond donors (Lipinski definition) is 2. The van der Waals surface area contributed by atoms with Crippen molar-refractivity contribution in [3.05, 3.63) is 0 Å². The minimum Gasteiger partial charge on any atom is -0.480 e. The summed E-state index contributed by atoms with van der Waals surface area (Å²) in [5.74, 6) is -0.110. The number of rotatable bonds is 3. The molecule has 3 N–H and O–H groups in total. The third-order valence-corrected chi connectivity index (χ3v) is 3.24. The van der Waals surface area contributed by atoms with Crippen molar-refractivity contribution in [1.82, 2.24) is 0 Å². The predicted octanol–water partition coefficient (Wildman–Crippen LogP) is 1.61. The molecule has 13 heavy (non-hydrogen) atoms. The summed E-state index contributed by atoms with van der Waals surface area (Å²) in [7, 11) is 0. The van der Waals surface area contributed by atoms with Gasteiger partial charge in [0, 0.05) is 0 Å². The molecule has 0 amide bonds. The number of carbonyl (C=O) groups is 1. The molecule has 0 heterocycles. The van der Waals surface area contributed by atoms with Crippen LogP contribution in [0.25, 0.3) is 0 Å². The fraction of sp³-hybridized carbons (Fsp3) is 0.900. The van der Waals surface area contributed by atoms with Crippen LogP contribution in [0.1, 0.15) is 39.0 Å². The van der Waals surface area contributed by atoms with Gasteiger partial charge in [-0.25, -0.2) is 0 Å². The van der Waals surface area contributed by atoms with E-state index in [9.17, 15) is 4.79 Å². The highest BCUT2D eigenvalue weighted by Gasteiger charge is 2.32. The molecular weight excluding hydrogens is 166 g/mol. The van der Waals surface area contributed by atoms with Gasteiger partial charge in [-0.2, -0.15) is 0 Å². The van der Waals surface area contributed by atoms with Gasteiger partial charge < -0.3 is 10.8 Å². The summed E-state index contributed by atoms with van der Waals surface area (Å²) in [6.45, 7) is 2.12. The van der Waals surface area contributed by atoms with Crippen molar-refractivity contribution in [3.63, 3.8) is 0 Å². The van der Waals surface area contributed by atoms with E-state index >= 15 is 0 Å². The standard InChI is InChI=1S/C10H19NO2/c1-2-7-5-3-4-6-8(7)9(11)10(12)13/h7-9H,2-6,11H2,1H3,(H,12,13)/t7?,8?,9-/m1/s1. The summed E-state index contributed by atoms with van der Waals surface area (Å²) in [6.07, 6.45) is 5.59. The Bertz CT molecular complexity index is 182. The zero-order valence-corrected chi connectivity index (χ0v) is 8.20. The van der Waals surface area contributed by atoms with Gasteiger partial charge in [-0.15, -0.1) is 0 Å². The van der Waals surface area contributed by atoms with Crippen molar-refractivity contribution in [2.45, 2.75) is 45.1 Å². The van der Waals surface area contributed by atoms with Gasteiger partial charge >= 0.3 is 5.97 Å². The highest BCUT2D eigenvalue weighted by atomic mass is 16.4. The smallest absolute Gasteiger partial charge is 0.320 e. The van der Waals surface area contributed by atoms with Gasteiger partial charge in [0.05, 0.1) is 0 Å². The predicted molar refractivity (Wildman–Crippen MR) is 51.4 cm³/mol. The lowest BCUT2D eigenvalue weighted by molar-refractivity contribution is -0.140. The summed E-state index contributed by atoms with van der Waals surface area (Å²) in [6, 6.07) is -0.648. The van der Waals surface area contributed by atoms with Crippen molar-refractivity contribution in [1.29, 1.82) is 0 Å². The SMILES string of the molecule is CCC1CCCCC1[C@@H](N)C(=O)O. The first kappa shape index (κ1) is 10.5. The van der Waals surface area contributed by atoms with Gasteiger partial charge in [-0.05, 0) is 18.3 Å². The third-order valence-electron chi connectivity index (χ3n) is 3.24. The molecule has 3 heteroatoms. The lowest BCUT2D eigenvalue weighted by Gasteiger charge is -2.33. The maximum Gasteiger partial charge on any atom is 0.320 e. The summed E-state index contributed by atoms with van der Waals surface area (Å²) in [5.41, 5.74) is 5.66. The molecule has 2 unspecified atom stereocenters. The van der Waals surface area contributed by atoms with Crippen molar-refractivity contribution < 1.29 is 9.90 Å². The summed E-state index contributed by atoms with van der Waals surface area (Å²) in [4.78, 5) is 10.7. The van der Waals surface area contributed by atoms with Crippen molar-refractivity contribution in [2.75, 3.05) is 0 Å². The Morgan fingerprint density at radius 3 is 2.69 bits per heavy atom. The Morgan fingerprint density at radius 2 is 2.15 bits per heavy atom. The first-order chi connectivity index (χ1) is 6.16. The number of carboxylic acids is 1. The zero-order chi connectivity index (χ0) is 9.84. The maximum atomic E-state index is 10.7. The van der Waals surface area contributed by atoms with Gasteiger partial charge in [-0.3, -0.25) is 4.79 Å². The van der Waals surface area contributed by atoms with E-state index in [-0.39, 0.29) is 5.92 Å². The maximum absolute atomic E-state index is 10.7. The van der Waals surface area contributed by atoms with E-state index in [1.165, 1.54) is 6.42 Å². The fourth-order valence-electron chi connectivity index (χ4n) is 2.40. The highest BCUT2D eigenvalue weighted by molar-refractivity contribution is 5.73. The molecule has 3 atom stereocenters. The monoisotopic (exact) mass is 185 g/mol. The van der Waals surface area contributed by atoms with E-state index < -0.39 is 12.0 Å². The van der Waals surface area contributed by atoms with Gasteiger partial charge in [0.15, 0.2) is 0 Å². The lowest BCUT2D eigenvalue weighted by Crippen LogP contribution is -2.42. The number of hydrogen-bond acceptors (Lipinski definition) is 2. The van der Waals surface area contributed by atoms with E-state index in [0.717, 1.165) is 25.7 Å². The molecule has 1 aliphatic rings. The van der Waals surface area contributed by atoms with Gasteiger partial charge in [0.1, 0.15) is 6.04 Å². The third kappa shape index (κ3) is 2.44. The van der Waals surface area contributed by atoms with Gasteiger partial charge in [-0.1, -0.05) is 32.6 Å². The Kier molecular flexibility index (Phi) is 3.72. The van der Waals surface area contributed by atoms with Crippen molar-refractivity contribution in [3.8, 4) is 0 Å². The van der Waals surface area contributed by atoms with Crippen LogP contribution in [0.4, 0.5) is 0 Å². The van der Waals surface area contributed by atoms with Gasteiger partial charge in [0.2, 0.25) is 0 Å². The molecule has 3 nitrogen and oxygen atoms in total. The Morgan fingerprint density at radius 1 is 1.54 bits per heavy atom. The van der Waals surface area contributed by atoms with Crippen LogP contribution < -0.4 is 5.73 Å². The first-order valence-corrected chi connectivity index (χ1v) is 5.15. The molecule has 1 rings (SSSR count). The molecule has 0 aromatic carbocycles. The lowest BCUT2D eigenvalue weighted by atomic mass is 9.74. The molecule has 76 valence electrons. The fourth-order valence-corrected chi connectivity index (χ4v) is 2.40. The van der Waals surface area contributed by atoms with Crippen LogP contribution in [0.3, 0.4) is 0 Å². The molecule has 1 saturated carbocycles. The van der Waals surface area contributed by atoms with E-state index in [4.69, 9.17) is 10.8 Å². The zero-order valence-electron chi connectivity index (χ0n) is 8.20. The Labute approximate surface area is 79.3 Å². The molecule has 1 fully saturated rings. The summed E-state index contributed by atoms with van der Waals surface area (Å²) in [5, 5.41) is 8.82. The average Bonchev–Trinajstić information content (AvgIpc) is 2.16. The minimum absolute atomic E-state index is 0.205. The largest absolute Gasteiger partial charge is 0.480 e. The van der Waals surface area contributed by atoms with Crippen LogP contribution in [0.5, 0.6) is 0 Å². The molecular formula is C10H19NO2. The summed E-state index contributed by atoms with van der Waals surface area (Å²) >= 11 is 0. The first-order valence-electron chi connectivity index (χ1n) is 5.15. The van der Waals surface area contributed by atoms with E-state index in [2.05, 4.69) is 6.92 Å². The second-order valence-corrected chi connectivity index (χ2v) is 3.98. The topological polar surface area (TPSA) is 63.3 Å². The number of nitrogens with two attached hydrogens (primary N) is 1. The number of carboxylic acid groups (broad SMARTS) is 1. The minimum atomic E-state index is -0.842. The Balaban J connectivity index is 2.58. The van der Waals surface area contributed by atoms with Crippen LogP contribution in [0, 0.1) is 11.8 Å². The number of aliphatic carboxylic acids is 1. The second kappa shape index (κ2) is 4.61. The molecule has 0 saturated heterocycles. The van der Waals surface area contributed by atoms with Crippen LogP contribution >= 0.6 is 0 Å².